The molecule has 1 aromatic heterocycles. The summed E-state index contributed by atoms with van der Waals surface area (Å²) in [5.74, 6) is 1.64. The lowest BCUT2D eigenvalue weighted by atomic mass is 9.94. The van der Waals surface area contributed by atoms with Crippen molar-refractivity contribution in [1.29, 1.82) is 0 Å². The molecule has 0 saturated carbocycles. The molecule has 0 radical (unpaired) electrons. The molecule has 2 aromatic rings. The van der Waals surface area contributed by atoms with Crippen molar-refractivity contribution in [2.24, 2.45) is 28.9 Å². The monoisotopic (exact) mass is 433 g/mol. The minimum atomic E-state index is 0.0609. The third-order valence-corrected chi connectivity index (χ3v) is 5.46. The maximum absolute atomic E-state index is 6.72. The van der Waals surface area contributed by atoms with Gasteiger partial charge in [0.05, 0.1) is 24.7 Å². The molecule has 0 spiro atoms. The van der Waals surface area contributed by atoms with E-state index in [0.29, 0.717) is 17.5 Å². The molecule has 2 aliphatic rings. The number of allylic oxidation sites excluding steroid dienone is 1. The Morgan fingerprint density at radius 2 is 1.88 bits per heavy atom. The fourth-order valence-electron chi connectivity index (χ4n) is 4.03. The molecule has 4 N–H and O–H groups in total. The minimum Gasteiger partial charge on any atom is -0.495 e. The Kier molecular flexibility index (Phi) is 5.24. The maximum Gasteiger partial charge on any atom is 0.205 e. The van der Waals surface area contributed by atoms with E-state index in [-0.39, 0.29) is 5.41 Å². The second-order valence-electron chi connectivity index (χ2n) is 9.39. The first-order valence-corrected chi connectivity index (χ1v) is 10.6. The molecule has 32 heavy (non-hydrogen) atoms. The lowest BCUT2D eigenvalue weighted by molar-refractivity contribution is 0.284. The second-order valence-corrected chi connectivity index (χ2v) is 9.39. The first-order valence-electron chi connectivity index (χ1n) is 10.6. The van der Waals surface area contributed by atoms with Crippen LogP contribution in [0.4, 0.5) is 5.69 Å². The van der Waals surface area contributed by atoms with Gasteiger partial charge in [0, 0.05) is 43.3 Å². The van der Waals surface area contributed by atoms with E-state index in [1.54, 1.807) is 18.0 Å². The van der Waals surface area contributed by atoms with Crippen LogP contribution < -0.4 is 21.1 Å². The van der Waals surface area contributed by atoms with Crippen LogP contribution in [0.2, 0.25) is 0 Å². The van der Waals surface area contributed by atoms with Gasteiger partial charge in [-0.3, -0.25) is 9.58 Å². The highest BCUT2D eigenvalue weighted by Crippen LogP contribution is 2.41. The average molecular weight is 434 g/mol. The summed E-state index contributed by atoms with van der Waals surface area (Å²) in [4.78, 5) is 8.42. The SMILES string of the molecule is COc1cc(-c2cnn(C)c2)ccc1N1C(N)=NC=C2C(C)=CN(CC(C)(C)C)C(N)=C21. The summed E-state index contributed by atoms with van der Waals surface area (Å²) >= 11 is 0. The van der Waals surface area contributed by atoms with Crippen LogP contribution in [0, 0.1) is 5.41 Å². The van der Waals surface area contributed by atoms with E-state index in [1.165, 1.54) is 0 Å². The van der Waals surface area contributed by atoms with Crippen molar-refractivity contribution >= 4 is 11.6 Å². The highest BCUT2D eigenvalue weighted by Gasteiger charge is 2.33. The van der Waals surface area contributed by atoms with E-state index in [2.05, 4.69) is 48.9 Å². The van der Waals surface area contributed by atoms with E-state index in [4.69, 9.17) is 16.2 Å². The van der Waals surface area contributed by atoms with Crippen LogP contribution >= 0.6 is 0 Å². The van der Waals surface area contributed by atoms with Crippen LogP contribution in [-0.4, -0.2) is 34.3 Å². The van der Waals surface area contributed by atoms with Gasteiger partial charge in [0.1, 0.15) is 11.6 Å². The van der Waals surface area contributed by atoms with E-state index >= 15 is 0 Å². The lowest BCUT2D eigenvalue weighted by Crippen LogP contribution is -2.45. The maximum atomic E-state index is 6.72. The van der Waals surface area contributed by atoms with Gasteiger partial charge in [0.15, 0.2) is 0 Å². The van der Waals surface area contributed by atoms with Gasteiger partial charge in [-0.05, 0) is 35.6 Å². The van der Waals surface area contributed by atoms with Crippen LogP contribution in [0.5, 0.6) is 5.75 Å². The Morgan fingerprint density at radius 3 is 2.50 bits per heavy atom. The Balaban J connectivity index is 1.83. The van der Waals surface area contributed by atoms with Crippen LogP contribution in [0.25, 0.3) is 11.1 Å². The standard InChI is InChI=1S/C24H31N7O/c1-15-12-30(14-24(2,3)4)22(25)21-18(15)11-27-23(26)31(21)19-8-7-16(9-20(19)32-6)17-10-28-29(5)13-17/h7-13H,14,25H2,1-6H3,(H2,26,27). The molecule has 1 aromatic carbocycles. The Morgan fingerprint density at radius 1 is 1.12 bits per heavy atom. The van der Waals surface area contributed by atoms with Crippen molar-refractivity contribution in [3.05, 3.63) is 65.7 Å². The van der Waals surface area contributed by atoms with E-state index in [0.717, 1.165) is 40.2 Å². The summed E-state index contributed by atoms with van der Waals surface area (Å²) in [7, 11) is 3.54. The molecule has 3 heterocycles. The predicted octanol–water partition coefficient (Wildman–Crippen LogP) is 3.51. The van der Waals surface area contributed by atoms with Crippen molar-refractivity contribution in [3.8, 4) is 16.9 Å². The number of guanidine groups is 1. The summed E-state index contributed by atoms with van der Waals surface area (Å²) in [6.45, 7) is 9.40. The Hall–Kier alpha value is -3.68. The molecule has 4 rings (SSSR count). The summed E-state index contributed by atoms with van der Waals surface area (Å²) in [5.41, 5.74) is 18.8. The van der Waals surface area contributed by atoms with Gasteiger partial charge in [-0.2, -0.15) is 5.10 Å². The number of benzene rings is 1. The molecule has 8 heteroatoms. The predicted molar refractivity (Wildman–Crippen MR) is 129 cm³/mol. The number of nitrogens with zero attached hydrogens (tertiary/aromatic N) is 5. The Labute approximate surface area is 189 Å². The van der Waals surface area contributed by atoms with Crippen LogP contribution in [-0.2, 0) is 7.05 Å². The summed E-state index contributed by atoms with van der Waals surface area (Å²) in [6.07, 6.45) is 7.65. The van der Waals surface area contributed by atoms with E-state index in [9.17, 15) is 0 Å². The first-order chi connectivity index (χ1) is 15.1. The molecule has 2 aliphatic heterocycles. The number of hydrogen-bond acceptors (Lipinski definition) is 7. The zero-order chi connectivity index (χ0) is 23.2. The van der Waals surface area contributed by atoms with Crippen molar-refractivity contribution in [2.45, 2.75) is 27.7 Å². The summed E-state index contributed by atoms with van der Waals surface area (Å²) < 4.78 is 7.55. The zero-order valence-corrected chi connectivity index (χ0v) is 19.5. The van der Waals surface area contributed by atoms with Gasteiger partial charge < -0.3 is 21.1 Å². The van der Waals surface area contributed by atoms with Gasteiger partial charge in [0.25, 0.3) is 0 Å². The summed E-state index contributed by atoms with van der Waals surface area (Å²) in [6, 6.07) is 5.98. The third-order valence-electron chi connectivity index (χ3n) is 5.46. The quantitative estimate of drug-likeness (QED) is 0.766. The Bertz CT molecular complexity index is 1180. The van der Waals surface area contributed by atoms with Crippen LogP contribution in [0.1, 0.15) is 27.7 Å². The zero-order valence-electron chi connectivity index (χ0n) is 19.5. The van der Waals surface area contributed by atoms with Gasteiger partial charge >= 0.3 is 0 Å². The normalized spacial score (nSPS) is 16.5. The fraction of sp³-hybridized carbons (Fsp3) is 0.333. The van der Waals surface area contributed by atoms with Gasteiger partial charge in [0.2, 0.25) is 5.96 Å². The molecule has 8 nitrogen and oxygen atoms in total. The lowest BCUT2D eigenvalue weighted by Gasteiger charge is -2.39. The highest BCUT2D eigenvalue weighted by molar-refractivity contribution is 6.02. The molecular weight excluding hydrogens is 402 g/mol. The second kappa shape index (κ2) is 7.78. The van der Waals surface area contributed by atoms with Crippen molar-refractivity contribution in [3.63, 3.8) is 0 Å². The number of aliphatic imine (C=N–C) groups is 1. The molecular formula is C24H31N7O. The molecule has 0 amide bonds. The third kappa shape index (κ3) is 3.84. The smallest absolute Gasteiger partial charge is 0.205 e. The van der Waals surface area contributed by atoms with Crippen molar-refractivity contribution in [2.75, 3.05) is 18.6 Å². The number of fused-ring (bicyclic) bond motifs is 1. The number of hydrogen-bond donors (Lipinski definition) is 2. The van der Waals surface area contributed by atoms with Gasteiger partial charge in [-0.25, -0.2) is 4.99 Å². The number of methoxy groups -OCH3 is 1. The number of rotatable bonds is 4. The molecule has 168 valence electrons. The molecule has 0 aliphatic carbocycles. The van der Waals surface area contributed by atoms with E-state index in [1.807, 2.05) is 42.5 Å². The topological polar surface area (TPSA) is 97.9 Å². The van der Waals surface area contributed by atoms with E-state index < -0.39 is 0 Å². The molecule has 0 atom stereocenters. The number of aryl methyl sites for hydroxylation is 1. The minimum absolute atomic E-state index is 0.0609. The molecule has 0 bridgehead atoms. The number of nitrogens with two attached hydrogens (primary N) is 2. The summed E-state index contributed by atoms with van der Waals surface area (Å²) in [5, 5.41) is 4.27. The first kappa shape index (κ1) is 21.5. The van der Waals surface area contributed by atoms with Gasteiger partial charge in [-0.15, -0.1) is 0 Å². The molecule has 0 fully saturated rings. The van der Waals surface area contributed by atoms with Crippen LogP contribution in [0.15, 0.2) is 70.6 Å². The average Bonchev–Trinajstić information content (AvgIpc) is 3.16. The highest BCUT2D eigenvalue weighted by atomic mass is 16.5. The number of aromatic nitrogens is 2. The molecule has 0 unspecified atom stereocenters. The molecule has 0 saturated heterocycles. The number of ether oxygens (including phenoxy) is 1. The van der Waals surface area contributed by atoms with Gasteiger partial charge in [-0.1, -0.05) is 26.8 Å². The largest absolute Gasteiger partial charge is 0.495 e. The fourth-order valence-corrected chi connectivity index (χ4v) is 4.03. The van der Waals surface area contributed by atoms with Crippen molar-refractivity contribution < 1.29 is 4.74 Å². The number of anilines is 1. The van der Waals surface area contributed by atoms with Crippen molar-refractivity contribution in [1.82, 2.24) is 14.7 Å². The van der Waals surface area contributed by atoms with Crippen LogP contribution in [0.3, 0.4) is 0 Å².